The second-order valence-electron chi connectivity index (χ2n) is 7.13. The summed E-state index contributed by atoms with van der Waals surface area (Å²) in [5, 5.41) is 0. The quantitative estimate of drug-likeness (QED) is 0.636. The number of Topliss-reactive ketones (excluding diaryl/α,β-unsaturated/α-hetero) is 1. The van der Waals surface area contributed by atoms with Crippen LogP contribution < -0.4 is 0 Å². The highest BCUT2D eigenvalue weighted by Crippen LogP contribution is 2.58. The predicted octanol–water partition coefficient (Wildman–Crippen LogP) is 2.05. The third kappa shape index (κ3) is 1.49. The molecule has 20 heavy (non-hydrogen) atoms. The fourth-order valence-electron chi connectivity index (χ4n) is 4.62. The van der Waals surface area contributed by atoms with Crippen LogP contribution in [0, 0.1) is 23.7 Å². The number of hydrogen-bond donors (Lipinski definition) is 0. The lowest BCUT2D eigenvalue weighted by Gasteiger charge is -2.58. The van der Waals surface area contributed by atoms with Gasteiger partial charge in [0.25, 0.3) is 0 Å². The van der Waals surface area contributed by atoms with Crippen LogP contribution >= 0.6 is 0 Å². The molecule has 4 saturated heterocycles. The number of carbonyl (C=O) groups is 1. The Hall–Kier alpha value is -0.490. The molecule has 1 unspecified atom stereocenters. The molecule has 5 nitrogen and oxygen atoms in total. The number of ketones is 1. The molecule has 5 heteroatoms. The van der Waals surface area contributed by atoms with E-state index < -0.39 is 17.7 Å². The summed E-state index contributed by atoms with van der Waals surface area (Å²) in [5.41, 5.74) is -0.610. The molecule has 1 aliphatic carbocycles. The van der Waals surface area contributed by atoms with Crippen LogP contribution in [0.1, 0.15) is 40.0 Å². The Morgan fingerprint density at radius 3 is 2.80 bits per heavy atom. The SMILES string of the molecule is C[C@@H]1C(=O)C[C@H]2[C@@H](C)CO[C@@H]3OC4(C)CC[C@@H]1[C@]32OO4. The molecule has 1 spiro atoms. The standard InChI is InChI=1S/C15H22O5/c1-8-7-17-13-15-10(9(2)12(16)6-11(8)15)4-5-14(3,18-13)19-20-15/h8-11,13H,4-7H2,1-3H3/t8-,9-,10-,11-,13+,14?,15+/m0/s1. The van der Waals surface area contributed by atoms with Gasteiger partial charge in [0, 0.05) is 30.6 Å². The van der Waals surface area contributed by atoms with E-state index >= 15 is 0 Å². The Bertz CT molecular complexity index is 452. The van der Waals surface area contributed by atoms with Gasteiger partial charge in [0.2, 0.25) is 5.79 Å². The number of carbonyl (C=O) groups excluding carboxylic acids is 1. The minimum atomic E-state index is -0.749. The van der Waals surface area contributed by atoms with Gasteiger partial charge in [-0.1, -0.05) is 13.8 Å². The molecule has 5 fully saturated rings. The molecular weight excluding hydrogens is 260 g/mol. The average molecular weight is 282 g/mol. The van der Waals surface area contributed by atoms with Crippen LogP contribution in [0.5, 0.6) is 0 Å². The summed E-state index contributed by atoms with van der Waals surface area (Å²) in [6.07, 6.45) is 1.75. The van der Waals surface area contributed by atoms with Crippen molar-refractivity contribution >= 4 is 5.78 Å². The highest BCUT2D eigenvalue weighted by atomic mass is 17.3. The summed E-state index contributed by atoms with van der Waals surface area (Å²) in [6, 6.07) is 0. The van der Waals surface area contributed by atoms with Gasteiger partial charge >= 0.3 is 0 Å². The van der Waals surface area contributed by atoms with E-state index in [2.05, 4.69) is 6.92 Å². The molecule has 2 bridgehead atoms. The first-order valence-corrected chi connectivity index (χ1v) is 7.65. The molecule has 0 aromatic carbocycles. The Balaban J connectivity index is 1.84. The summed E-state index contributed by atoms with van der Waals surface area (Å²) < 4.78 is 12.0. The molecular formula is C15H22O5. The molecule has 112 valence electrons. The lowest BCUT2D eigenvalue weighted by atomic mass is 9.58. The van der Waals surface area contributed by atoms with Gasteiger partial charge in [-0.2, -0.15) is 0 Å². The number of rotatable bonds is 0. The Morgan fingerprint density at radius 1 is 1.20 bits per heavy atom. The van der Waals surface area contributed by atoms with E-state index in [0.29, 0.717) is 18.8 Å². The van der Waals surface area contributed by atoms with Crippen molar-refractivity contribution < 1.29 is 24.0 Å². The first-order chi connectivity index (χ1) is 9.46. The van der Waals surface area contributed by atoms with E-state index in [1.165, 1.54) is 0 Å². The van der Waals surface area contributed by atoms with Gasteiger partial charge in [-0.15, -0.1) is 0 Å². The van der Waals surface area contributed by atoms with Crippen molar-refractivity contribution in [3.8, 4) is 0 Å². The fourth-order valence-corrected chi connectivity index (χ4v) is 4.62. The highest BCUT2D eigenvalue weighted by Gasteiger charge is 2.69. The Kier molecular flexibility index (Phi) is 2.66. The summed E-state index contributed by atoms with van der Waals surface area (Å²) in [4.78, 5) is 23.9. The van der Waals surface area contributed by atoms with E-state index in [9.17, 15) is 4.79 Å². The van der Waals surface area contributed by atoms with Gasteiger partial charge in [0.1, 0.15) is 5.78 Å². The minimum absolute atomic E-state index is 0.0182. The van der Waals surface area contributed by atoms with E-state index in [1.807, 2.05) is 13.8 Å². The van der Waals surface area contributed by atoms with Crippen molar-refractivity contribution in [2.24, 2.45) is 23.7 Å². The van der Waals surface area contributed by atoms with Crippen molar-refractivity contribution in [3.05, 3.63) is 0 Å². The van der Waals surface area contributed by atoms with Crippen LogP contribution in [0.15, 0.2) is 0 Å². The predicted molar refractivity (Wildman–Crippen MR) is 68.3 cm³/mol. The maximum absolute atomic E-state index is 12.4. The van der Waals surface area contributed by atoms with Gasteiger partial charge in [0.05, 0.1) is 6.61 Å². The summed E-state index contributed by atoms with van der Waals surface area (Å²) in [7, 11) is 0. The first-order valence-electron chi connectivity index (χ1n) is 7.65. The van der Waals surface area contributed by atoms with Crippen molar-refractivity contribution in [1.82, 2.24) is 0 Å². The molecule has 0 N–H and O–H groups in total. The van der Waals surface area contributed by atoms with Crippen LogP contribution in [0.25, 0.3) is 0 Å². The first kappa shape index (κ1) is 13.2. The van der Waals surface area contributed by atoms with E-state index in [1.54, 1.807) is 0 Å². The van der Waals surface area contributed by atoms with Crippen LogP contribution in [0.3, 0.4) is 0 Å². The van der Waals surface area contributed by atoms with Crippen LogP contribution in [-0.4, -0.2) is 30.1 Å². The van der Waals surface area contributed by atoms with Crippen molar-refractivity contribution in [3.63, 3.8) is 0 Å². The van der Waals surface area contributed by atoms with Gasteiger partial charge in [0.15, 0.2) is 11.9 Å². The highest BCUT2D eigenvalue weighted by molar-refractivity contribution is 5.82. The Labute approximate surface area is 118 Å². The molecule has 5 rings (SSSR count). The molecule has 7 atom stereocenters. The molecule has 5 aliphatic rings. The number of ether oxygens (including phenoxy) is 2. The van der Waals surface area contributed by atoms with Gasteiger partial charge in [-0.05, 0) is 19.3 Å². The molecule has 0 radical (unpaired) electrons. The van der Waals surface area contributed by atoms with Gasteiger partial charge in [-0.25, -0.2) is 9.78 Å². The normalized spacial score (nSPS) is 58.1. The lowest BCUT2D eigenvalue weighted by Crippen LogP contribution is -2.69. The lowest BCUT2D eigenvalue weighted by molar-refractivity contribution is -0.565. The minimum Gasteiger partial charge on any atom is -0.349 e. The Morgan fingerprint density at radius 2 is 2.00 bits per heavy atom. The average Bonchev–Trinajstić information content (AvgIpc) is 2.64. The third-order valence-electron chi connectivity index (χ3n) is 5.89. The van der Waals surface area contributed by atoms with Crippen LogP contribution in [0.4, 0.5) is 0 Å². The second kappa shape index (κ2) is 4.03. The number of fused-ring (bicyclic) bond motifs is 2. The zero-order valence-corrected chi connectivity index (χ0v) is 12.3. The molecule has 0 aromatic rings. The van der Waals surface area contributed by atoms with E-state index in [-0.39, 0.29) is 23.7 Å². The smallest absolute Gasteiger partial charge is 0.201 e. The molecule has 4 aliphatic heterocycles. The third-order valence-corrected chi connectivity index (χ3v) is 5.89. The van der Waals surface area contributed by atoms with Gasteiger partial charge < -0.3 is 9.47 Å². The second-order valence-corrected chi connectivity index (χ2v) is 7.13. The zero-order valence-electron chi connectivity index (χ0n) is 12.3. The maximum atomic E-state index is 12.4. The van der Waals surface area contributed by atoms with Crippen LogP contribution in [-0.2, 0) is 24.0 Å². The maximum Gasteiger partial charge on any atom is 0.201 e. The summed E-state index contributed by atoms with van der Waals surface area (Å²) in [5.74, 6) is 0.0945. The van der Waals surface area contributed by atoms with Crippen molar-refractivity contribution in [2.45, 2.75) is 57.7 Å². The zero-order chi connectivity index (χ0) is 14.1. The van der Waals surface area contributed by atoms with Crippen molar-refractivity contribution in [1.29, 1.82) is 0 Å². The number of hydrogen-bond acceptors (Lipinski definition) is 5. The van der Waals surface area contributed by atoms with Crippen LogP contribution in [0.2, 0.25) is 0 Å². The molecule has 0 aromatic heterocycles. The summed E-state index contributed by atoms with van der Waals surface area (Å²) >= 11 is 0. The molecule has 4 heterocycles. The van der Waals surface area contributed by atoms with Crippen molar-refractivity contribution in [2.75, 3.05) is 6.61 Å². The van der Waals surface area contributed by atoms with E-state index in [0.717, 1.165) is 12.8 Å². The summed E-state index contributed by atoms with van der Waals surface area (Å²) in [6.45, 7) is 6.64. The largest absolute Gasteiger partial charge is 0.349 e. The molecule has 1 saturated carbocycles. The van der Waals surface area contributed by atoms with E-state index in [4.69, 9.17) is 19.2 Å². The molecule has 0 amide bonds. The van der Waals surface area contributed by atoms with Gasteiger partial charge in [-0.3, -0.25) is 4.79 Å². The monoisotopic (exact) mass is 282 g/mol. The fraction of sp³-hybridized carbons (Fsp3) is 0.933. The topological polar surface area (TPSA) is 54.0 Å².